The number of likely N-dealkylation sites (N-methyl/N-ethyl adjacent to an activating group) is 1. The Kier molecular flexibility index (Phi) is 20.5. The fourth-order valence-electron chi connectivity index (χ4n) is 9.96. The molecular weight excluding hydrogens is 948 g/mol. The van der Waals surface area contributed by atoms with Gasteiger partial charge in [0.2, 0.25) is 0 Å². The number of aryl methyl sites for hydroxylation is 1. The Hall–Kier alpha value is -4.29. The van der Waals surface area contributed by atoms with E-state index in [2.05, 4.69) is 27.5 Å². The highest BCUT2D eigenvalue weighted by Gasteiger charge is 2.59. The van der Waals surface area contributed by atoms with Gasteiger partial charge in [-0.2, -0.15) is 3.89 Å². The van der Waals surface area contributed by atoms with Crippen molar-refractivity contribution in [1.29, 1.82) is 0 Å². The molecule has 19 nitrogen and oxygen atoms in total. The van der Waals surface area contributed by atoms with Gasteiger partial charge in [0.25, 0.3) is 0 Å². The zero-order chi connectivity index (χ0) is 51.5. The maximum Gasteiger partial charge on any atom is 0.410 e. The number of rotatable bonds is 14. The normalized spacial score (nSPS) is 32.2. The molecule has 3 saturated heterocycles. The average Bonchev–Trinajstić information content (AvgIpc) is 4.06. The number of benzene rings is 1. The van der Waals surface area contributed by atoms with Crippen LogP contribution in [0.1, 0.15) is 90.9 Å². The van der Waals surface area contributed by atoms with Crippen LogP contribution in [-0.4, -0.2) is 166 Å². The van der Waals surface area contributed by atoms with Crippen molar-refractivity contribution in [3.05, 3.63) is 48.3 Å². The Morgan fingerprint density at radius 1 is 1.11 bits per heavy atom. The van der Waals surface area contributed by atoms with Gasteiger partial charge in [-0.1, -0.05) is 55.5 Å². The first-order valence-electron chi connectivity index (χ1n) is 23.9. The maximum absolute atomic E-state index is 14.6. The minimum Gasteiger partial charge on any atom is -0.459 e. The third-order valence-corrected chi connectivity index (χ3v) is 14.6. The first kappa shape index (κ1) is 56.6. The largest absolute Gasteiger partial charge is 0.459 e. The van der Waals surface area contributed by atoms with E-state index in [4.69, 9.17) is 34.2 Å². The van der Waals surface area contributed by atoms with Crippen molar-refractivity contribution in [2.24, 2.45) is 17.8 Å². The van der Waals surface area contributed by atoms with Crippen LogP contribution >= 0.6 is 23.5 Å². The van der Waals surface area contributed by atoms with Crippen molar-refractivity contribution in [1.82, 2.24) is 35.1 Å². The molecule has 0 radical (unpaired) electrons. The van der Waals surface area contributed by atoms with Crippen molar-refractivity contribution in [2.75, 3.05) is 52.9 Å². The number of methoxy groups -OCH3 is 1. The Balaban J connectivity index is 0.00000296. The van der Waals surface area contributed by atoms with E-state index in [1.807, 2.05) is 52.0 Å². The molecule has 1 aromatic carbocycles. The lowest BCUT2D eigenvalue weighted by molar-refractivity contribution is -0.300. The van der Waals surface area contributed by atoms with Crippen molar-refractivity contribution in [2.45, 2.75) is 147 Å². The van der Waals surface area contributed by atoms with Crippen LogP contribution in [0.2, 0.25) is 0 Å². The molecule has 0 bridgehead atoms. The summed E-state index contributed by atoms with van der Waals surface area (Å²) in [5, 5.41) is 24.4. The van der Waals surface area contributed by atoms with Gasteiger partial charge >= 0.3 is 18.0 Å². The smallest absolute Gasteiger partial charge is 0.410 e. The number of thiazole rings is 1. The highest BCUT2D eigenvalue weighted by Crippen LogP contribution is 2.40. The number of halogens is 1. The summed E-state index contributed by atoms with van der Waals surface area (Å²) in [6.45, 7) is 14.0. The number of aliphatic hydroxyl groups excluding tert-OH is 1. The van der Waals surface area contributed by atoms with Gasteiger partial charge in [0.15, 0.2) is 22.8 Å². The molecule has 3 aliphatic heterocycles. The van der Waals surface area contributed by atoms with E-state index in [1.54, 1.807) is 61.0 Å². The number of hydrogen-bond acceptors (Lipinski definition) is 19. The molecule has 13 atom stereocenters. The maximum atomic E-state index is 14.6. The number of nitrogens with one attached hydrogen (secondary N) is 1. The molecule has 3 aliphatic rings. The Bertz CT molecular complexity index is 2170. The Morgan fingerprint density at radius 3 is 2.43 bits per heavy atom. The molecule has 1 amide bonds. The molecule has 5 heterocycles. The number of amides is 1. The number of aliphatic hydroxyl groups is 1. The first-order valence-corrected chi connectivity index (χ1v) is 25.8. The number of Topliss-reactive ketones (excluding diaryl/α,β-unsaturated/α-hetero) is 1. The van der Waals surface area contributed by atoms with E-state index >= 15 is 0 Å². The number of nitrogens with two attached hydrogens (primary N) is 1. The van der Waals surface area contributed by atoms with E-state index in [-0.39, 0.29) is 30.7 Å². The third-order valence-electron chi connectivity index (χ3n) is 13.7. The van der Waals surface area contributed by atoms with Crippen LogP contribution < -0.4 is 11.1 Å². The lowest BCUT2D eigenvalue weighted by atomic mass is 9.78. The summed E-state index contributed by atoms with van der Waals surface area (Å²) in [7, 11) is 5.21. The highest BCUT2D eigenvalue weighted by atomic mass is 32.2. The molecule has 0 spiro atoms. The van der Waals surface area contributed by atoms with E-state index in [0.717, 1.165) is 4.88 Å². The predicted molar refractivity (Wildman–Crippen MR) is 263 cm³/mol. The quantitative estimate of drug-likeness (QED) is 0.0748. The van der Waals surface area contributed by atoms with E-state index in [0.29, 0.717) is 68.1 Å². The summed E-state index contributed by atoms with van der Waals surface area (Å²) in [5.74, 6) is -4.07. The van der Waals surface area contributed by atoms with Gasteiger partial charge in [0, 0.05) is 62.8 Å². The monoisotopic (exact) mass is 1020 g/mol. The van der Waals surface area contributed by atoms with Crippen LogP contribution in [0.5, 0.6) is 0 Å². The predicted octanol–water partition coefficient (Wildman–Crippen LogP) is 5.81. The lowest BCUT2D eigenvalue weighted by Gasteiger charge is -2.47. The zero-order valence-electron chi connectivity index (χ0n) is 42.2. The number of cyclic esters (lactones) is 1. The van der Waals surface area contributed by atoms with Gasteiger partial charge in [-0.15, -0.1) is 5.10 Å². The molecule has 3 aromatic rings. The van der Waals surface area contributed by atoms with Gasteiger partial charge in [-0.3, -0.25) is 19.2 Å². The van der Waals surface area contributed by atoms with Crippen molar-refractivity contribution in [3.63, 3.8) is 0 Å². The summed E-state index contributed by atoms with van der Waals surface area (Å²) in [6.07, 6.45) is 1.66. The molecule has 4 N–H and O–H groups in total. The minimum atomic E-state index is -1.28. The van der Waals surface area contributed by atoms with Crippen molar-refractivity contribution in [3.8, 4) is 10.6 Å². The molecule has 3 fully saturated rings. The molecule has 22 heteroatoms. The summed E-state index contributed by atoms with van der Waals surface area (Å²) in [4.78, 5) is 64.1. The summed E-state index contributed by atoms with van der Waals surface area (Å²) in [6, 6.07) is 7.27. The fraction of sp³-hybridized carbons (Fsp3) is 0.688. The van der Waals surface area contributed by atoms with Crippen LogP contribution in [0, 0.1) is 17.8 Å². The number of carbonyl (C=O) groups is 4. The summed E-state index contributed by atoms with van der Waals surface area (Å²) >= 11 is 1.58. The Morgan fingerprint density at radius 2 is 1.80 bits per heavy atom. The molecular formula is C48H73FN8O11S2. The van der Waals surface area contributed by atoms with Gasteiger partial charge < -0.3 is 49.5 Å². The second kappa shape index (κ2) is 25.4. The number of nitrogen functional groups attached to an aromatic ring is 1. The van der Waals surface area contributed by atoms with Crippen LogP contribution in [0.25, 0.3) is 10.6 Å². The third kappa shape index (κ3) is 13.6. The van der Waals surface area contributed by atoms with Gasteiger partial charge in [0.05, 0.1) is 40.5 Å². The summed E-state index contributed by atoms with van der Waals surface area (Å²) < 4.78 is 49.5. The van der Waals surface area contributed by atoms with Gasteiger partial charge in [-0.05, 0) is 98.5 Å². The average molecular weight is 1020 g/mol. The second-order valence-corrected chi connectivity index (χ2v) is 20.5. The molecule has 2 aromatic heterocycles. The number of aromatic nitrogens is 4. The highest BCUT2D eigenvalue weighted by molar-refractivity contribution is 7.93. The topological polar surface area (TPSA) is 232 Å². The molecule has 390 valence electrons. The number of ether oxygens (including phenoxy) is 6. The van der Waals surface area contributed by atoms with E-state index in [9.17, 15) is 28.2 Å². The number of anilines is 1. The second-order valence-electron chi connectivity index (χ2n) is 19.2. The minimum absolute atomic E-state index is 0.0909. The van der Waals surface area contributed by atoms with Crippen molar-refractivity contribution < 1.29 is 56.6 Å². The number of fused-ring (bicyclic) bond motifs is 1. The summed E-state index contributed by atoms with van der Waals surface area (Å²) in [5.41, 5.74) is 4.44. The van der Waals surface area contributed by atoms with Crippen LogP contribution in [0.4, 0.5) is 13.8 Å². The number of unbranched alkanes of at least 4 members (excludes halogenated alkanes) is 1. The number of esters is 2. The van der Waals surface area contributed by atoms with E-state index < -0.39 is 89.6 Å². The molecule has 70 heavy (non-hydrogen) atoms. The fourth-order valence-corrected chi connectivity index (χ4v) is 10.6. The standard InChI is InChI=1S/C47H70N8O11S.CH3FS/c1-11-36-47(7)39(55(45(60)66-47)20-16-15-19-54-25-33(51-52-54)35-24-50-44(48)67-35)30(5)49-23-27(2)22-46(6,61-10)40(28(3)37(56)29(4)41(58)64-36)65-43-38(57)34(53(8)9)21-32(63-43)26-62-42(59)31-17-13-12-14-18-31;1-3-2/h12-14,17-18,24-25,27-30,32,34,36,38-40,43,49,57H,11,15-16,19-23,26H2,1-10H3,(H2,48,50);1H3/t27-,28+,29-,30-,32?,34?,36-,38?,39-,40-,43+,46-,47-;/m1./s1. The number of carbonyl (C=O) groups excluding carboxylic acids is 4. The van der Waals surface area contributed by atoms with Gasteiger partial charge in [-0.25, -0.2) is 14.6 Å². The van der Waals surface area contributed by atoms with Crippen LogP contribution in [-0.2, 0) is 44.6 Å². The SMILES string of the molecule is CC[C@H]1OC(=O)[C@H](C)C(=O)[C@H](C)[C@@H](O[C@@H]2OC(COC(=O)c3ccccc3)CC(N(C)C)C2O)[C@](C)(OC)C[C@@H](C)CN[C@H](C)[C@H]2N(CCCCn3cc(-c4cnc(N)s4)nn3)C(=O)O[C@]12C.CSF. The lowest BCUT2D eigenvalue weighted by Crippen LogP contribution is -2.61. The Labute approximate surface area is 419 Å². The number of hydrogen-bond donors (Lipinski definition) is 3. The number of ketones is 1. The molecule has 0 saturated carbocycles. The molecule has 0 aliphatic carbocycles. The number of nitrogens with zero attached hydrogens (tertiary/aromatic N) is 6. The van der Waals surface area contributed by atoms with E-state index in [1.165, 1.54) is 24.5 Å². The molecule has 3 unspecified atom stereocenters. The van der Waals surface area contributed by atoms with Crippen LogP contribution in [0.3, 0.4) is 0 Å². The first-order chi connectivity index (χ1) is 33.2. The van der Waals surface area contributed by atoms with Crippen LogP contribution in [0.15, 0.2) is 42.7 Å². The van der Waals surface area contributed by atoms with Gasteiger partial charge in [0.1, 0.15) is 30.4 Å². The molecule has 6 rings (SSSR count). The van der Waals surface area contributed by atoms with Crippen molar-refractivity contribution >= 4 is 52.4 Å². The zero-order valence-corrected chi connectivity index (χ0v) is 43.9.